The predicted octanol–water partition coefficient (Wildman–Crippen LogP) is 3.98. The largest absolute Gasteiger partial charge is 0.457 e. The van der Waals surface area contributed by atoms with Gasteiger partial charge in [-0.15, -0.1) is 0 Å². The molecule has 8 heteroatoms. The molecule has 1 atom stereocenters. The van der Waals surface area contributed by atoms with Gasteiger partial charge in [0.1, 0.15) is 11.5 Å². The number of amides is 1. The molecule has 7 nitrogen and oxygen atoms in total. The van der Waals surface area contributed by atoms with Crippen LogP contribution >= 0.6 is 0 Å². The number of ether oxygens (including phenoxy) is 2. The molecule has 2 fully saturated rings. The third-order valence-corrected chi connectivity index (χ3v) is 8.00. The molecule has 1 heterocycles. The molecular weight excluding hydrogens is 442 g/mol. The second-order valence-corrected chi connectivity index (χ2v) is 10.9. The Bertz CT molecular complexity index is 1060. The van der Waals surface area contributed by atoms with Crippen LogP contribution in [0.25, 0.3) is 0 Å². The van der Waals surface area contributed by atoms with E-state index in [9.17, 15) is 18.0 Å². The first-order valence-corrected chi connectivity index (χ1v) is 13.2. The van der Waals surface area contributed by atoms with Gasteiger partial charge in [-0.1, -0.05) is 37.5 Å². The molecule has 1 amide bonds. The second kappa shape index (κ2) is 10.4. The van der Waals surface area contributed by atoms with Crippen molar-refractivity contribution in [1.82, 2.24) is 4.90 Å². The van der Waals surface area contributed by atoms with Crippen molar-refractivity contribution in [2.24, 2.45) is 0 Å². The Morgan fingerprint density at radius 1 is 0.848 bits per heavy atom. The van der Waals surface area contributed by atoms with Gasteiger partial charge in [-0.3, -0.25) is 4.79 Å². The van der Waals surface area contributed by atoms with E-state index in [1.807, 2.05) is 30.3 Å². The fraction of sp³-hybridized carbons (Fsp3) is 0.440. The summed E-state index contributed by atoms with van der Waals surface area (Å²) in [6.45, 7) is -0.395. The smallest absolute Gasteiger partial charge is 0.338 e. The molecule has 176 valence electrons. The first kappa shape index (κ1) is 23.3. The minimum Gasteiger partial charge on any atom is -0.457 e. The van der Waals surface area contributed by atoms with E-state index in [4.69, 9.17) is 9.47 Å². The predicted molar refractivity (Wildman–Crippen MR) is 124 cm³/mol. The van der Waals surface area contributed by atoms with E-state index in [1.54, 1.807) is 29.2 Å². The summed E-state index contributed by atoms with van der Waals surface area (Å²) in [6.07, 6.45) is 5.33. The van der Waals surface area contributed by atoms with Crippen LogP contribution in [0.4, 0.5) is 0 Å². The average molecular weight is 472 g/mol. The van der Waals surface area contributed by atoms with Crippen LogP contribution in [0.15, 0.2) is 54.6 Å². The van der Waals surface area contributed by atoms with E-state index in [2.05, 4.69) is 0 Å². The third-order valence-electron chi connectivity index (χ3n) is 6.25. The molecule has 33 heavy (non-hydrogen) atoms. The van der Waals surface area contributed by atoms with Crippen molar-refractivity contribution in [3.05, 3.63) is 60.2 Å². The van der Waals surface area contributed by atoms with Crippen molar-refractivity contribution in [2.75, 3.05) is 18.1 Å². The van der Waals surface area contributed by atoms with Crippen LogP contribution in [0.5, 0.6) is 11.5 Å². The highest BCUT2D eigenvalue weighted by atomic mass is 32.2. The van der Waals surface area contributed by atoms with Gasteiger partial charge >= 0.3 is 5.97 Å². The molecule has 0 radical (unpaired) electrons. The van der Waals surface area contributed by atoms with Crippen molar-refractivity contribution in [2.45, 2.75) is 50.6 Å². The SMILES string of the molecule is O=C(OCC(=O)N(C1CCCCC1)C1CCS(=O)(=O)C1)c1ccc(Oc2ccccc2)cc1. The first-order valence-electron chi connectivity index (χ1n) is 11.4. The lowest BCUT2D eigenvalue weighted by Crippen LogP contribution is -2.50. The normalized spacial score (nSPS) is 20.2. The first-order chi connectivity index (χ1) is 15.9. The molecule has 1 aliphatic carbocycles. The molecule has 1 saturated heterocycles. The molecule has 1 aliphatic heterocycles. The number of rotatable bonds is 7. The van der Waals surface area contributed by atoms with Gasteiger partial charge in [0, 0.05) is 12.1 Å². The third kappa shape index (κ3) is 6.13. The number of benzene rings is 2. The van der Waals surface area contributed by atoms with E-state index in [-0.39, 0.29) is 29.5 Å². The van der Waals surface area contributed by atoms with Crippen molar-refractivity contribution >= 4 is 21.7 Å². The van der Waals surface area contributed by atoms with Crippen molar-refractivity contribution < 1.29 is 27.5 Å². The Morgan fingerprint density at radius 3 is 2.15 bits per heavy atom. The summed E-state index contributed by atoms with van der Waals surface area (Å²) in [5.74, 6) is 0.450. The lowest BCUT2D eigenvalue weighted by Gasteiger charge is -2.38. The van der Waals surface area contributed by atoms with Gasteiger partial charge in [-0.05, 0) is 55.7 Å². The maximum Gasteiger partial charge on any atom is 0.338 e. The van der Waals surface area contributed by atoms with Gasteiger partial charge in [0.25, 0.3) is 5.91 Å². The molecule has 1 unspecified atom stereocenters. The number of nitrogens with zero attached hydrogens (tertiary/aromatic N) is 1. The van der Waals surface area contributed by atoms with Gasteiger partial charge in [-0.2, -0.15) is 0 Å². The van der Waals surface area contributed by atoms with Crippen molar-refractivity contribution in [1.29, 1.82) is 0 Å². The molecule has 2 aliphatic rings. The molecule has 2 aromatic carbocycles. The van der Waals surface area contributed by atoms with Gasteiger partial charge in [0.15, 0.2) is 16.4 Å². The lowest BCUT2D eigenvalue weighted by atomic mass is 9.93. The van der Waals surface area contributed by atoms with Gasteiger partial charge in [0.2, 0.25) is 0 Å². The van der Waals surface area contributed by atoms with E-state index >= 15 is 0 Å². The Balaban J connectivity index is 1.36. The summed E-state index contributed by atoms with van der Waals surface area (Å²) >= 11 is 0. The van der Waals surface area contributed by atoms with E-state index < -0.39 is 22.4 Å². The highest BCUT2D eigenvalue weighted by Gasteiger charge is 2.38. The fourth-order valence-corrected chi connectivity index (χ4v) is 6.34. The lowest BCUT2D eigenvalue weighted by molar-refractivity contribution is -0.140. The number of hydrogen-bond donors (Lipinski definition) is 0. The fourth-order valence-electron chi connectivity index (χ4n) is 4.63. The molecule has 4 rings (SSSR count). The number of carbonyl (C=O) groups is 2. The summed E-state index contributed by atoms with van der Waals surface area (Å²) in [6, 6.07) is 15.5. The number of carbonyl (C=O) groups excluding carboxylic acids is 2. The van der Waals surface area contributed by atoms with Gasteiger partial charge < -0.3 is 14.4 Å². The Hall–Kier alpha value is -2.87. The summed E-state index contributed by atoms with van der Waals surface area (Å²) in [4.78, 5) is 27.3. The monoisotopic (exact) mass is 471 g/mol. The zero-order valence-corrected chi connectivity index (χ0v) is 19.3. The van der Waals surface area contributed by atoms with E-state index in [0.29, 0.717) is 23.5 Å². The summed E-state index contributed by atoms with van der Waals surface area (Å²) in [7, 11) is -3.13. The quantitative estimate of drug-likeness (QED) is 0.568. The van der Waals surface area contributed by atoms with Crippen LogP contribution in [0, 0.1) is 0 Å². The summed E-state index contributed by atoms with van der Waals surface area (Å²) in [5.41, 5.74) is 0.316. The minimum absolute atomic E-state index is 0.00787. The topological polar surface area (TPSA) is 90.0 Å². The molecular formula is C25H29NO6S. The van der Waals surface area contributed by atoms with Crippen LogP contribution in [0.2, 0.25) is 0 Å². The maximum atomic E-state index is 13.1. The number of sulfone groups is 1. The van der Waals surface area contributed by atoms with Crippen molar-refractivity contribution in [3.8, 4) is 11.5 Å². The zero-order valence-electron chi connectivity index (χ0n) is 18.5. The van der Waals surface area contributed by atoms with Gasteiger partial charge in [0.05, 0.1) is 17.1 Å². The molecule has 0 aromatic heterocycles. The molecule has 1 saturated carbocycles. The highest BCUT2D eigenvalue weighted by molar-refractivity contribution is 7.91. The second-order valence-electron chi connectivity index (χ2n) is 8.67. The van der Waals surface area contributed by atoms with E-state index in [1.165, 1.54) is 0 Å². The molecule has 0 spiro atoms. The minimum atomic E-state index is -3.13. The maximum absolute atomic E-state index is 13.1. The van der Waals surface area contributed by atoms with Crippen LogP contribution < -0.4 is 4.74 Å². The summed E-state index contributed by atoms with van der Waals surface area (Å²) in [5, 5.41) is 0. The number of esters is 1. The average Bonchev–Trinajstić information content (AvgIpc) is 3.18. The molecule has 0 bridgehead atoms. The highest BCUT2D eigenvalue weighted by Crippen LogP contribution is 2.28. The number of hydrogen-bond acceptors (Lipinski definition) is 6. The standard InChI is InChI=1S/C25H29NO6S/c27-24(26(20-7-3-1-4-8-20)21-15-16-33(29,30)18-21)17-31-25(28)19-11-13-23(14-12-19)32-22-9-5-2-6-10-22/h2,5-6,9-14,20-21H,1,3-4,7-8,15-18H2. The van der Waals surface area contributed by atoms with E-state index in [0.717, 1.165) is 32.1 Å². The van der Waals surface area contributed by atoms with Gasteiger partial charge in [-0.25, -0.2) is 13.2 Å². The van der Waals surface area contributed by atoms with Crippen molar-refractivity contribution in [3.63, 3.8) is 0 Å². The zero-order chi connectivity index (χ0) is 23.3. The Kier molecular flexibility index (Phi) is 7.33. The van der Waals surface area contributed by atoms with Crippen LogP contribution in [-0.4, -0.2) is 55.4 Å². The Labute approximate surface area is 194 Å². The van der Waals surface area contributed by atoms with Crippen LogP contribution in [0.1, 0.15) is 48.9 Å². The number of para-hydroxylation sites is 1. The van der Waals surface area contributed by atoms with Crippen LogP contribution in [0.3, 0.4) is 0 Å². The van der Waals surface area contributed by atoms with Crippen LogP contribution in [-0.2, 0) is 19.4 Å². The molecule has 0 N–H and O–H groups in total. The Morgan fingerprint density at radius 2 is 1.52 bits per heavy atom. The molecule has 2 aromatic rings. The summed E-state index contributed by atoms with van der Waals surface area (Å²) < 4.78 is 35.1.